The van der Waals surface area contributed by atoms with Crippen LogP contribution in [-0.4, -0.2) is 30.2 Å². The van der Waals surface area contributed by atoms with E-state index < -0.39 is 0 Å². The molecular formula is C17H20N2O3. The molecule has 0 saturated heterocycles. The van der Waals surface area contributed by atoms with Crippen molar-refractivity contribution in [2.75, 3.05) is 14.2 Å². The highest BCUT2D eigenvalue weighted by atomic mass is 16.5. The van der Waals surface area contributed by atoms with Crippen LogP contribution in [0.15, 0.2) is 48.5 Å². The number of hydrogen-bond donors (Lipinski definition) is 2. The summed E-state index contributed by atoms with van der Waals surface area (Å²) in [6.45, 7) is 0.917. The summed E-state index contributed by atoms with van der Waals surface area (Å²) in [6.07, 6.45) is 0. The number of benzene rings is 2. The first kappa shape index (κ1) is 15.7. The van der Waals surface area contributed by atoms with Crippen molar-refractivity contribution in [2.24, 2.45) is 0 Å². The SMILES string of the molecule is COc1cc(CN(C)C(=O)NCc2ccccc2)ccc1O. The van der Waals surface area contributed by atoms with Gasteiger partial charge in [-0.3, -0.25) is 0 Å². The number of rotatable bonds is 5. The van der Waals surface area contributed by atoms with Crippen molar-refractivity contribution < 1.29 is 14.6 Å². The van der Waals surface area contributed by atoms with Gasteiger partial charge in [0, 0.05) is 20.1 Å². The van der Waals surface area contributed by atoms with Gasteiger partial charge in [0.15, 0.2) is 11.5 Å². The number of nitrogens with one attached hydrogen (secondary N) is 1. The summed E-state index contributed by atoms with van der Waals surface area (Å²) in [4.78, 5) is 13.7. The Labute approximate surface area is 130 Å². The third-order valence-corrected chi connectivity index (χ3v) is 3.30. The molecule has 2 aromatic rings. The van der Waals surface area contributed by atoms with E-state index in [1.807, 2.05) is 30.3 Å². The Hall–Kier alpha value is -2.69. The molecule has 5 heteroatoms. The van der Waals surface area contributed by atoms with Gasteiger partial charge in [-0.1, -0.05) is 36.4 Å². The van der Waals surface area contributed by atoms with E-state index in [0.29, 0.717) is 18.8 Å². The molecular weight excluding hydrogens is 280 g/mol. The van der Waals surface area contributed by atoms with E-state index in [4.69, 9.17) is 4.74 Å². The fourth-order valence-corrected chi connectivity index (χ4v) is 2.07. The molecule has 2 amide bonds. The summed E-state index contributed by atoms with van der Waals surface area (Å²) in [6, 6.07) is 14.6. The number of urea groups is 1. The summed E-state index contributed by atoms with van der Waals surface area (Å²) in [5.41, 5.74) is 1.93. The lowest BCUT2D eigenvalue weighted by Crippen LogP contribution is -2.36. The van der Waals surface area contributed by atoms with Crippen molar-refractivity contribution in [2.45, 2.75) is 13.1 Å². The monoisotopic (exact) mass is 300 g/mol. The molecule has 0 aliphatic carbocycles. The molecule has 5 nitrogen and oxygen atoms in total. The lowest BCUT2D eigenvalue weighted by molar-refractivity contribution is 0.206. The minimum atomic E-state index is -0.157. The molecule has 22 heavy (non-hydrogen) atoms. The molecule has 0 heterocycles. The first-order chi connectivity index (χ1) is 10.6. The fraction of sp³-hybridized carbons (Fsp3) is 0.235. The van der Waals surface area contributed by atoms with Gasteiger partial charge in [0.25, 0.3) is 0 Å². The van der Waals surface area contributed by atoms with Crippen LogP contribution in [0.1, 0.15) is 11.1 Å². The summed E-state index contributed by atoms with van der Waals surface area (Å²) in [5.74, 6) is 0.484. The molecule has 0 fully saturated rings. The number of carbonyl (C=O) groups excluding carboxylic acids is 1. The van der Waals surface area contributed by atoms with Gasteiger partial charge in [-0.25, -0.2) is 4.79 Å². The maximum absolute atomic E-state index is 12.1. The normalized spacial score (nSPS) is 10.1. The maximum Gasteiger partial charge on any atom is 0.317 e. The molecule has 0 aromatic heterocycles. The van der Waals surface area contributed by atoms with Crippen LogP contribution in [-0.2, 0) is 13.1 Å². The quantitative estimate of drug-likeness (QED) is 0.892. The highest BCUT2D eigenvalue weighted by Gasteiger charge is 2.10. The minimum absolute atomic E-state index is 0.0856. The molecule has 116 valence electrons. The zero-order valence-corrected chi connectivity index (χ0v) is 12.7. The molecule has 0 aliphatic rings. The Morgan fingerprint density at radius 3 is 2.59 bits per heavy atom. The highest BCUT2D eigenvalue weighted by molar-refractivity contribution is 5.73. The molecule has 0 atom stereocenters. The van der Waals surface area contributed by atoms with Crippen LogP contribution >= 0.6 is 0 Å². The number of aromatic hydroxyl groups is 1. The summed E-state index contributed by atoms with van der Waals surface area (Å²) in [5, 5.41) is 12.4. The summed E-state index contributed by atoms with van der Waals surface area (Å²) in [7, 11) is 3.22. The molecule has 0 aliphatic heterocycles. The zero-order valence-electron chi connectivity index (χ0n) is 12.7. The third kappa shape index (κ3) is 4.15. The first-order valence-corrected chi connectivity index (χ1v) is 6.99. The van der Waals surface area contributed by atoms with Crippen molar-refractivity contribution in [3.05, 3.63) is 59.7 Å². The van der Waals surface area contributed by atoms with Gasteiger partial charge in [-0.15, -0.1) is 0 Å². The molecule has 0 spiro atoms. The van der Waals surface area contributed by atoms with Crippen LogP contribution in [0, 0.1) is 0 Å². The second-order valence-electron chi connectivity index (χ2n) is 5.01. The Bertz CT molecular complexity index is 629. The third-order valence-electron chi connectivity index (χ3n) is 3.30. The second kappa shape index (κ2) is 7.36. The van der Waals surface area contributed by atoms with Gasteiger partial charge < -0.3 is 20.1 Å². The Balaban J connectivity index is 1.91. The van der Waals surface area contributed by atoms with E-state index in [2.05, 4.69) is 5.32 Å². The Kier molecular flexibility index (Phi) is 5.25. The van der Waals surface area contributed by atoms with Gasteiger partial charge in [0.05, 0.1) is 7.11 Å². The van der Waals surface area contributed by atoms with E-state index in [1.165, 1.54) is 7.11 Å². The number of nitrogens with zero attached hydrogens (tertiary/aromatic N) is 1. The van der Waals surface area contributed by atoms with Crippen LogP contribution in [0.3, 0.4) is 0 Å². The van der Waals surface area contributed by atoms with Crippen molar-refractivity contribution in [3.8, 4) is 11.5 Å². The van der Waals surface area contributed by atoms with E-state index in [-0.39, 0.29) is 11.8 Å². The average molecular weight is 300 g/mol. The van der Waals surface area contributed by atoms with E-state index >= 15 is 0 Å². The summed E-state index contributed by atoms with van der Waals surface area (Å²) < 4.78 is 5.06. The standard InChI is InChI=1S/C17H20N2O3/c1-19(12-14-8-9-15(20)16(10-14)22-2)17(21)18-11-13-6-4-3-5-7-13/h3-10,20H,11-12H2,1-2H3,(H,18,21). The minimum Gasteiger partial charge on any atom is -0.504 e. The Morgan fingerprint density at radius 2 is 1.91 bits per heavy atom. The number of phenolic OH excluding ortho intramolecular Hbond substituents is 1. The van der Waals surface area contributed by atoms with Crippen LogP contribution < -0.4 is 10.1 Å². The zero-order chi connectivity index (χ0) is 15.9. The predicted octanol–water partition coefficient (Wildman–Crippen LogP) is 2.74. The first-order valence-electron chi connectivity index (χ1n) is 6.99. The number of phenols is 1. The van der Waals surface area contributed by atoms with Crippen LogP contribution in [0.2, 0.25) is 0 Å². The number of carbonyl (C=O) groups is 1. The molecule has 0 bridgehead atoms. The highest BCUT2D eigenvalue weighted by Crippen LogP contribution is 2.26. The predicted molar refractivity (Wildman–Crippen MR) is 84.8 cm³/mol. The Morgan fingerprint density at radius 1 is 1.18 bits per heavy atom. The van der Waals surface area contributed by atoms with E-state index in [9.17, 15) is 9.90 Å². The molecule has 2 rings (SSSR count). The second-order valence-corrected chi connectivity index (χ2v) is 5.01. The number of methoxy groups -OCH3 is 1. The van der Waals surface area contributed by atoms with Gasteiger partial charge in [0.1, 0.15) is 0 Å². The van der Waals surface area contributed by atoms with Crippen molar-refractivity contribution in [1.82, 2.24) is 10.2 Å². The topological polar surface area (TPSA) is 61.8 Å². The molecule has 2 N–H and O–H groups in total. The average Bonchev–Trinajstić information content (AvgIpc) is 2.55. The van der Waals surface area contributed by atoms with Crippen molar-refractivity contribution >= 4 is 6.03 Å². The maximum atomic E-state index is 12.1. The van der Waals surface area contributed by atoms with Crippen molar-refractivity contribution in [3.63, 3.8) is 0 Å². The molecule has 0 saturated carbocycles. The van der Waals surface area contributed by atoms with Crippen LogP contribution in [0.4, 0.5) is 4.79 Å². The smallest absolute Gasteiger partial charge is 0.317 e. The van der Waals surface area contributed by atoms with Gasteiger partial charge in [-0.2, -0.15) is 0 Å². The largest absolute Gasteiger partial charge is 0.504 e. The lowest BCUT2D eigenvalue weighted by Gasteiger charge is -2.18. The van der Waals surface area contributed by atoms with Crippen LogP contribution in [0.5, 0.6) is 11.5 Å². The van der Waals surface area contributed by atoms with Gasteiger partial charge in [-0.05, 0) is 23.3 Å². The molecule has 0 unspecified atom stereocenters. The van der Waals surface area contributed by atoms with Crippen molar-refractivity contribution in [1.29, 1.82) is 0 Å². The number of ether oxygens (including phenoxy) is 1. The number of hydrogen-bond acceptors (Lipinski definition) is 3. The van der Waals surface area contributed by atoms with Crippen LogP contribution in [0.25, 0.3) is 0 Å². The van der Waals surface area contributed by atoms with Gasteiger partial charge >= 0.3 is 6.03 Å². The fourth-order valence-electron chi connectivity index (χ4n) is 2.07. The summed E-state index contributed by atoms with van der Waals surface area (Å²) >= 11 is 0. The van der Waals surface area contributed by atoms with E-state index in [1.54, 1.807) is 30.1 Å². The molecule has 2 aromatic carbocycles. The van der Waals surface area contributed by atoms with Gasteiger partial charge in [0.2, 0.25) is 0 Å². The molecule has 0 radical (unpaired) electrons. The lowest BCUT2D eigenvalue weighted by atomic mass is 10.2. The van der Waals surface area contributed by atoms with E-state index in [0.717, 1.165) is 11.1 Å². The number of amides is 2.